The number of carbonyl (C=O) groups is 1. The SMILES string of the molecule is Cc1cnc(-c2cc(C(=O)O)[nH]n2)cn1. The molecule has 0 unspecified atom stereocenters. The minimum Gasteiger partial charge on any atom is -0.477 e. The summed E-state index contributed by atoms with van der Waals surface area (Å²) in [6.07, 6.45) is 3.15. The molecule has 0 fully saturated rings. The van der Waals surface area contributed by atoms with Crippen molar-refractivity contribution in [2.24, 2.45) is 0 Å². The molecule has 6 nitrogen and oxygen atoms in total. The van der Waals surface area contributed by atoms with Crippen molar-refractivity contribution in [2.75, 3.05) is 0 Å². The summed E-state index contributed by atoms with van der Waals surface area (Å²) in [6.45, 7) is 1.82. The zero-order valence-electron chi connectivity index (χ0n) is 7.93. The molecular formula is C9H8N4O2. The Labute approximate surface area is 85.0 Å². The highest BCUT2D eigenvalue weighted by atomic mass is 16.4. The lowest BCUT2D eigenvalue weighted by molar-refractivity contribution is 0.0690. The monoisotopic (exact) mass is 204 g/mol. The van der Waals surface area contributed by atoms with E-state index in [2.05, 4.69) is 20.2 Å². The maximum absolute atomic E-state index is 10.6. The molecular weight excluding hydrogens is 196 g/mol. The van der Waals surface area contributed by atoms with Gasteiger partial charge >= 0.3 is 5.97 Å². The van der Waals surface area contributed by atoms with Gasteiger partial charge in [-0.3, -0.25) is 15.1 Å². The number of aromatic amines is 1. The first-order chi connectivity index (χ1) is 7.16. The lowest BCUT2D eigenvalue weighted by Gasteiger charge is -1.94. The topological polar surface area (TPSA) is 91.8 Å². The summed E-state index contributed by atoms with van der Waals surface area (Å²) >= 11 is 0. The van der Waals surface area contributed by atoms with Gasteiger partial charge in [0.05, 0.1) is 11.9 Å². The van der Waals surface area contributed by atoms with Crippen LogP contribution < -0.4 is 0 Å². The number of nitrogens with zero attached hydrogens (tertiary/aromatic N) is 3. The number of carboxylic acid groups (broad SMARTS) is 1. The van der Waals surface area contributed by atoms with E-state index in [0.717, 1.165) is 5.69 Å². The largest absolute Gasteiger partial charge is 0.477 e. The Bertz CT molecular complexity index is 489. The minimum absolute atomic E-state index is 0.0346. The standard InChI is InChI=1S/C9H8N4O2/c1-5-3-11-8(4-10-5)6-2-7(9(14)15)13-12-6/h2-4H,1H3,(H,12,13)(H,14,15). The molecule has 0 saturated heterocycles. The fraction of sp³-hybridized carbons (Fsp3) is 0.111. The molecule has 0 aliphatic heterocycles. The number of nitrogens with one attached hydrogen (secondary N) is 1. The van der Waals surface area contributed by atoms with Crippen LogP contribution >= 0.6 is 0 Å². The number of H-pyrrole nitrogens is 1. The van der Waals surface area contributed by atoms with Gasteiger partial charge in [-0.25, -0.2) is 4.79 Å². The zero-order chi connectivity index (χ0) is 10.8. The van der Waals surface area contributed by atoms with Crippen molar-refractivity contribution in [3.63, 3.8) is 0 Å². The van der Waals surface area contributed by atoms with Gasteiger partial charge in [-0.2, -0.15) is 5.10 Å². The molecule has 0 radical (unpaired) electrons. The third kappa shape index (κ3) is 1.83. The molecule has 0 spiro atoms. The van der Waals surface area contributed by atoms with Crippen LogP contribution in [0.15, 0.2) is 18.5 Å². The van der Waals surface area contributed by atoms with Crippen molar-refractivity contribution in [1.82, 2.24) is 20.2 Å². The molecule has 76 valence electrons. The Balaban J connectivity index is 2.37. The molecule has 6 heteroatoms. The highest BCUT2D eigenvalue weighted by Gasteiger charge is 2.09. The van der Waals surface area contributed by atoms with E-state index in [9.17, 15) is 4.79 Å². The maximum Gasteiger partial charge on any atom is 0.353 e. The molecule has 2 rings (SSSR count). The van der Waals surface area contributed by atoms with Crippen LogP contribution in [-0.2, 0) is 0 Å². The van der Waals surface area contributed by atoms with E-state index in [1.807, 2.05) is 6.92 Å². The lowest BCUT2D eigenvalue weighted by atomic mass is 10.3. The Morgan fingerprint density at radius 1 is 1.33 bits per heavy atom. The molecule has 2 aromatic rings. The van der Waals surface area contributed by atoms with Crippen LogP contribution in [0.3, 0.4) is 0 Å². The predicted molar refractivity (Wildman–Crippen MR) is 51.3 cm³/mol. The van der Waals surface area contributed by atoms with Crippen molar-refractivity contribution in [3.05, 3.63) is 29.8 Å². The summed E-state index contributed by atoms with van der Waals surface area (Å²) in [5.41, 5.74) is 1.85. The molecule has 0 saturated carbocycles. The molecule has 2 heterocycles. The second-order valence-corrected chi connectivity index (χ2v) is 3.02. The molecule has 0 amide bonds. The van der Waals surface area contributed by atoms with Crippen molar-refractivity contribution in [1.29, 1.82) is 0 Å². The van der Waals surface area contributed by atoms with Gasteiger partial charge in [-0.05, 0) is 6.92 Å². The van der Waals surface area contributed by atoms with Crippen molar-refractivity contribution >= 4 is 5.97 Å². The fourth-order valence-electron chi connectivity index (χ4n) is 1.09. The molecule has 15 heavy (non-hydrogen) atoms. The average molecular weight is 204 g/mol. The summed E-state index contributed by atoms with van der Waals surface area (Å²) in [5.74, 6) is -1.05. The van der Waals surface area contributed by atoms with E-state index in [1.54, 1.807) is 12.4 Å². The summed E-state index contributed by atoms with van der Waals surface area (Å²) < 4.78 is 0. The van der Waals surface area contributed by atoms with Gasteiger partial charge in [-0.15, -0.1) is 0 Å². The Hall–Kier alpha value is -2.24. The number of aromatic nitrogens is 4. The second-order valence-electron chi connectivity index (χ2n) is 3.02. The second kappa shape index (κ2) is 3.49. The number of aryl methyl sites for hydroxylation is 1. The summed E-state index contributed by atoms with van der Waals surface area (Å²) in [6, 6.07) is 1.42. The molecule has 0 aliphatic rings. The van der Waals surface area contributed by atoms with Gasteiger partial charge < -0.3 is 5.11 Å². The van der Waals surface area contributed by atoms with Gasteiger partial charge in [-0.1, -0.05) is 0 Å². The zero-order valence-corrected chi connectivity index (χ0v) is 7.93. The van der Waals surface area contributed by atoms with E-state index in [1.165, 1.54) is 6.07 Å². The van der Waals surface area contributed by atoms with Crippen molar-refractivity contribution in [3.8, 4) is 11.4 Å². The van der Waals surface area contributed by atoms with Gasteiger partial charge in [0.25, 0.3) is 0 Å². The summed E-state index contributed by atoms with van der Waals surface area (Å²) in [7, 11) is 0. The smallest absolute Gasteiger partial charge is 0.353 e. The quantitative estimate of drug-likeness (QED) is 0.757. The van der Waals surface area contributed by atoms with Gasteiger partial charge in [0.2, 0.25) is 0 Å². The maximum atomic E-state index is 10.6. The van der Waals surface area contributed by atoms with Crippen LogP contribution in [0, 0.1) is 6.92 Å². The van der Waals surface area contributed by atoms with Crippen LogP contribution in [0.5, 0.6) is 0 Å². The van der Waals surface area contributed by atoms with E-state index < -0.39 is 5.97 Å². The van der Waals surface area contributed by atoms with Gasteiger partial charge in [0.1, 0.15) is 17.1 Å². The molecule has 2 N–H and O–H groups in total. The first-order valence-corrected chi connectivity index (χ1v) is 4.24. The number of carboxylic acids is 1. The molecule has 0 bridgehead atoms. The van der Waals surface area contributed by atoms with Crippen LogP contribution in [0.1, 0.15) is 16.2 Å². The Morgan fingerprint density at radius 2 is 2.13 bits per heavy atom. The number of aromatic carboxylic acids is 1. The van der Waals surface area contributed by atoms with E-state index in [0.29, 0.717) is 11.4 Å². The third-order valence-electron chi connectivity index (χ3n) is 1.85. The van der Waals surface area contributed by atoms with Crippen LogP contribution in [-0.4, -0.2) is 31.2 Å². The molecule has 0 aliphatic carbocycles. The van der Waals surface area contributed by atoms with E-state index in [-0.39, 0.29) is 5.69 Å². The lowest BCUT2D eigenvalue weighted by Crippen LogP contribution is -1.95. The molecule has 2 aromatic heterocycles. The number of hydrogen-bond donors (Lipinski definition) is 2. The normalized spacial score (nSPS) is 10.2. The first kappa shape index (κ1) is 9.32. The summed E-state index contributed by atoms with van der Waals surface area (Å²) in [4.78, 5) is 18.7. The average Bonchev–Trinajstić information content (AvgIpc) is 2.68. The molecule has 0 aromatic carbocycles. The van der Waals surface area contributed by atoms with Gasteiger partial charge in [0.15, 0.2) is 0 Å². The van der Waals surface area contributed by atoms with Crippen LogP contribution in [0.2, 0.25) is 0 Å². The van der Waals surface area contributed by atoms with Gasteiger partial charge in [0, 0.05) is 12.3 Å². The Kier molecular flexibility index (Phi) is 2.17. The van der Waals surface area contributed by atoms with Crippen LogP contribution in [0.4, 0.5) is 0 Å². The Morgan fingerprint density at radius 3 is 2.67 bits per heavy atom. The van der Waals surface area contributed by atoms with Crippen molar-refractivity contribution < 1.29 is 9.90 Å². The minimum atomic E-state index is -1.05. The predicted octanol–water partition coefficient (Wildman–Crippen LogP) is 0.873. The number of rotatable bonds is 2. The highest BCUT2D eigenvalue weighted by Crippen LogP contribution is 2.13. The third-order valence-corrected chi connectivity index (χ3v) is 1.85. The highest BCUT2D eigenvalue weighted by molar-refractivity contribution is 5.86. The first-order valence-electron chi connectivity index (χ1n) is 4.24. The van der Waals surface area contributed by atoms with E-state index in [4.69, 9.17) is 5.11 Å². The van der Waals surface area contributed by atoms with Crippen molar-refractivity contribution in [2.45, 2.75) is 6.92 Å². The van der Waals surface area contributed by atoms with E-state index >= 15 is 0 Å². The summed E-state index contributed by atoms with van der Waals surface area (Å²) in [5, 5.41) is 14.9. The molecule has 0 atom stereocenters. The number of hydrogen-bond acceptors (Lipinski definition) is 4. The van der Waals surface area contributed by atoms with Crippen LogP contribution in [0.25, 0.3) is 11.4 Å². The fourth-order valence-corrected chi connectivity index (χ4v) is 1.09.